The summed E-state index contributed by atoms with van der Waals surface area (Å²) < 4.78 is 16.8. The van der Waals surface area contributed by atoms with Gasteiger partial charge in [0.05, 0.1) is 15.8 Å². The molecule has 0 saturated carbocycles. The number of hydrogen-bond donors (Lipinski definition) is 0. The Bertz CT molecular complexity index is 984. The minimum atomic E-state index is -0.576. The van der Waals surface area contributed by atoms with Crippen molar-refractivity contribution in [1.29, 1.82) is 0 Å². The van der Waals surface area contributed by atoms with E-state index < -0.39 is 11.7 Å². The molecule has 0 aliphatic rings. The zero-order valence-electron chi connectivity index (χ0n) is 13.3. The van der Waals surface area contributed by atoms with Gasteiger partial charge in [0.1, 0.15) is 5.82 Å². The van der Waals surface area contributed by atoms with Crippen molar-refractivity contribution in [3.05, 3.63) is 76.9 Å². The average molecular weight is 340 g/mol. The number of thiazole rings is 1. The van der Waals surface area contributed by atoms with Gasteiger partial charge in [-0.1, -0.05) is 42.5 Å². The van der Waals surface area contributed by atoms with E-state index in [2.05, 4.69) is 30.6 Å². The van der Waals surface area contributed by atoms with Gasteiger partial charge in [-0.2, -0.15) is 4.99 Å². The van der Waals surface area contributed by atoms with E-state index in [1.807, 2.05) is 10.6 Å². The predicted octanol–water partition coefficient (Wildman–Crippen LogP) is 4.33. The molecule has 3 rings (SSSR count). The number of carbonyl (C=O) groups is 1. The second kappa shape index (κ2) is 6.93. The minimum absolute atomic E-state index is 0.0191. The summed E-state index contributed by atoms with van der Waals surface area (Å²) in [6.07, 6.45) is 2.70. The number of amides is 1. The first-order chi connectivity index (χ1) is 11.6. The summed E-state index contributed by atoms with van der Waals surface area (Å²) in [5, 5.41) is 0. The lowest BCUT2D eigenvalue weighted by Crippen LogP contribution is -2.16. The normalized spacial score (nSPS) is 11.8. The molecule has 1 amide bonds. The quantitative estimate of drug-likeness (QED) is 0.651. The van der Waals surface area contributed by atoms with E-state index >= 15 is 0 Å². The standard InChI is InChI=1S/C19H17FN2OS/c1-3-11-22-16-10-9-13(4-2)12-17(16)24-19(22)21-18(23)14-7-5-6-8-15(14)20/h3,5-10,12H,1,4,11H2,2H3. The highest BCUT2D eigenvalue weighted by Gasteiger charge is 2.12. The van der Waals surface area contributed by atoms with Crippen LogP contribution in [0.15, 0.2) is 60.1 Å². The number of aromatic nitrogens is 1. The van der Waals surface area contributed by atoms with Crippen molar-refractivity contribution in [3.8, 4) is 0 Å². The van der Waals surface area contributed by atoms with Gasteiger partial charge in [0.2, 0.25) is 0 Å². The van der Waals surface area contributed by atoms with E-state index in [-0.39, 0.29) is 5.56 Å². The number of benzene rings is 2. The molecule has 5 heteroatoms. The second-order valence-electron chi connectivity index (χ2n) is 5.34. The zero-order chi connectivity index (χ0) is 17.1. The Morgan fingerprint density at radius 1 is 1.33 bits per heavy atom. The molecule has 1 heterocycles. The van der Waals surface area contributed by atoms with Crippen LogP contribution < -0.4 is 4.80 Å². The van der Waals surface area contributed by atoms with Gasteiger partial charge in [0.15, 0.2) is 4.80 Å². The van der Waals surface area contributed by atoms with E-state index in [1.165, 1.54) is 29.0 Å². The molecule has 24 heavy (non-hydrogen) atoms. The van der Waals surface area contributed by atoms with Crippen molar-refractivity contribution in [2.75, 3.05) is 0 Å². The number of rotatable bonds is 4. The largest absolute Gasteiger partial charge is 0.312 e. The van der Waals surface area contributed by atoms with Crippen molar-refractivity contribution in [1.82, 2.24) is 4.57 Å². The van der Waals surface area contributed by atoms with Gasteiger partial charge in [-0.05, 0) is 36.2 Å². The summed E-state index contributed by atoms with van der Waals surface area (Å²) in [5.41, 5.74) is 2.20. The van der Waals surface area contributed by atoms with Crippen LogP contribution in [0, 0.1) is 5.82 Å². The molecule has 0 fully saturated rings. The fourth-order valence-corrected chi connectivity index (χ4v) is 3.61. The Balaban J connectivity index is 2.17. The zero-order valence-corrected chi connectivity index (χ0v) is 14.1. The number of fused-ring (bicyclic) bond motifs is 1. The molecule has 3 nitrogen and oxygen atoms in total. The topological polar surface area (TPSA) is 34.4 Å². The number of hydrogen-bond acceptors (Lipinski definition) is 2. The molecule has 2 aromatic carbocycles. The monoisotopic (exact) mass is 340 g/mol. The molecule has 0 unspecified atom stereocenters. The second-order valence-corrected chi connectivity index (χ2v) is 6.35. The number of nitrogens with zero attached hydrogens (tertiary/aromatic N) is 2. The molecule has 0 atom stereocenters. The smallest absolute Gasteiger partial charge is 0.282 e. The van der Waals surface area contributed by atoms with Crippen LogP contribution in [0.5, 0.6) is 0 Å². The predicted molar refractivity (Wildman–Crippen MR) is 95.7 cm³/mol. The van der Waals surface area contributed by atoms with Crippen LogP contribution >= 0.6 is 11.3 Å². The van der Waals surface area contributed by atoms with Gasteiger partial charge in [-0.15, -0.1) is 6.58 Å². The first kappa shape index (κ1) is 16.3. The van der Waals surface area contributed by atoms with Gasteiger partial charge < -0.3 is 4.57 Å². The van der Waals surface area contributed by atoms with Gasteiger partial charge >= 0.3 is 0 Å². The molecule has 0 aliphatic carbocycles. The first-order valence-corrected chi connectivity index (χ1v) is 8.52. The molecular weight excluding hydrogens is 323 g/mol. The van der Waals surface area contributed by atoms with E-state index in [0.717, 1.165) is 16.6 Å². The Morgan fingerprint density at radius 2 is 2.12 bits per heavy atom. The third-order valence-corrected chi connectivity index (χ3v) is 4.81. The summed E-state index contributed by atoms with van der Waals surface area (Å²) in [6, 6.07) is 12.1. The molecule has 1 aromatic heterocycles. The van der Waals surface area contributed by atoms with E-state index in [9.17, 15) is 9.18 Å². The van der Waals surface area contributed by atoms with E-state index in [1.54, 1.807) is 18.2 Å². The van der Waals surface area contributed by atoms with Gasteiger partial charge in [0, 0.05) is 6.54 Å². The van der Waals surface area contributed by atoms with E-state index in [0.29, 0.717) is 11.3 Å². The first-order valence-electron chi connectivity index (χ1n) is 7.70. The van der Waals surface area contributed by atoms with Crippen molar-refractivity contribution in [3.63, 3.8) is 0 Å². The van der Waals surface area contributed by atoms with Crippen LogP contribution in [0.1, 0.15) is 22.8 Å². The summed E-state index contributed by atoms with van der Waals surface area (Å²) in [4.78, 5) is 17.1. The lowest BCUT2D eigenvalue weighted by molar-refractivity contribution is 0.0994. The van der Waals surface area contributed by atoms with Crippen molar-refractivity contribution >= 4 is 27.5 Å². The van der Waals surface area contributed by atoms with Crippen molar-refractivity contribution in [2.24, 2.45) is 4.99 Å². The molecule has 0 bridgehead atoms. The van der Waals surface area contributed by atoms with Crippen molar-refractivity contribution in [2.45, 2.75) is 19.9 Å². The highest BCUT2D eigenvalue weighted by Crippen LogP contribution is 2.20. The molecule has 0 radical (unpaired) electrons. The molecular formula is C19H17FN2OS. The van der Waals surface area contributed by atoms with Crippen LogP contribution in [0.4, 0.5) is 4.39 Å². The third kappa shape index (κ3) is 3.08. The van der Waals surface area contributed by atoms with E-state index in [4.69, 9.17) is 0 Å². The van der Waals surface area contributed by atoms with Gasteiger partial charge in [0.25, 0.3) is 5.91 Å². The highest BCUT2D eigenvalue weighted by atomic mass is 32.1. The minimum Gasteiger partial charge on any atom is -0.312 e. The summed E-state index contributed by atoms with van der Waals surface area (Å²) >= 11 is 1.43. The van der Waals surface area contributed by atoms with Crippen LogP contribution in [-0.4, -0.2) is 10.5 Å². The number of allylic oxidation sites excluding steroid dienone is 1. The Labute approximate surface area is 143 Å². The molecule has 122 valence electrons. The lowest BCUT2D eigenvalue weighted by atomic mass is 10.2. The van der Waals surface area contributed by atoms with Crippen LogP contribution in [0.25, 0.3) is 10.2 Å². The maximum Gasteiger partial charge on any atom is 0.282 e. The molecule has 0 spiro atoms. The van der Waals surface area contributed by atoms with Gasteiger partial charge in [-0.25, -0.2) is 4.39 Å². The summed E-state index contributed by atoms with van der Waals surface area (Å²) in [6.45, 7) is 6.40. The summed E-state index contributed by atoms with van der Waals surface area (Å²) in [5.74, 6) is -1.14. The average Bonchev–Trinajstić information content (AvgIpc) is 2.92. The maximum absolute atomic E-state index is 13.8. The Morgan fingerprint density at radius 3 is 2.83 bits per heavy atom. The Kier molecular flexibility index (Phi) is 4.71. The van der Waals surface area contributed by atoms with Gasteiger partial charge in [-0.3, -0.25) is 4.79 Å². The SMILES string of the molecule is C=CCn1c(=NC(=O)c2ccccc2F)sc2cc(CC)ccc21. The molecule has 0 aliphatic heterocycles. The summed E-state index contributed by atoms with van der Waals surface area (Å²) in [7, 11) is 0. The van der Waals surface area contributed by atoms with Crippen LogP contribution in [-0.2, 0) is 13.0 Å². The number of halogens is 1. The molecule has 3 aromatic rings. The van der Waals surface area contributed by atoms with Crippen LogP contribution in [0.3, 0.4) is 0 Å². The fourth-order valence-electron chi connectivity index (χ4n) is 2.51. The third-order valence-electron chi connectivity index (χ3n) is 3.77. The maximum atomic E-state index is 13.8. The number of aryl methyl sites for hydroxylation is 1. The van der Waals surface area contributed by atoms with Crippen molar-refractivity contribution < 1.29 is 9.18 Å². The Hall–Kier alpha value is -2.53. The highest BCUT2D eigenvalue weighted by molar-refractivity contribution is 7.16. The lowest BCUT2D eigenvalue weighted by Gasteiger charge is -2.02. The fraction of sp³-hybridized carbons (Fsp3) is 0.158. The molecule has 0 N–H and O–H groups in total. The van der Waals surface area contributed by atoms with Crippen LogP contribution in [0.2, 0.25) is 0 Å². The number of carbonyl (C=O) groups excluding carboxylic acids is 1. The molecule has 0 saturated heterocycles.